The van der Waals surface area contributed by atoms with Gasteiger partial charge in [-0.05, 0) is 19.8 Å². The predicted octanol–water partition coefficient (Wildman–Crippen LogP) is 2.55. The molecule has 0 bridgehead atoms. The Morgan fingerprint density at radius 2 is 2.00 bits per heavy atom. The van der Waals surface area contributed by atoms with Crippen molar-refractivity contribution in [1.29, 1.82) is 0 Å². The third kappa shape index (κ3) is 11.3. The monoisotopic (exact) mass is 238 g/mol. The van der Waals surface area contributed by atoms with Gasteiger partial charge in [0.05, 0.1) is 0 Å². The predicted molar refractivity (Wildman–Crippen MR) is 65.3 cm³/mol. The van der Waals surface area contributed by atoms with E-state index in [1.54, 1.807) is 6.92 Å². The molecule has 5 heteroatoms. The van der Waals surface area contributed by atoms with Crippen molar-refractivity contribution < 1.29 is 9.53 Å². The minimum absolute atomic E-state index is 0. The summed E-state index contributed by atoms with van der Waals surface area (Å²) in [5.74, 6) is -0.399. The Hall–Kier alpha value is -0.580. The van der Waals surface area contributed by atoms with Gasteiger partial charge >= 0.3 is 5.97 Å². The highest BCUT2D eigenvalue weighted by atomic mass is 35.5. The molecule has 0 aromatic heterocycles. The van der Waals surface area contributed by atoms with E-state index in [9.17, 15) is 4.79 Å². The third-order valence-electron chi connectivity index (χ3n) is 1.70. The van der Waals surface area contributed by atoms with Gasteiger partial charge in [0, 0.05) is 5.57 Å². The molecule has 0 aliphatic rings. The summed E-state index contributed by atoms with van der Waals surface area (Å²) < 4.78 is 4.90. The molecule has 0 heterocycles. The zero-order valence-corrected chi connectivity index (χ0v) is 10.4. The molecule has 4 nitrogen and oxygen atoms in total. The molecule has 1 atom stereocenters. The minimum atomic E-state index is -0.476. The van der Waals surface area contributed by atoms with Crippen molar-refractivity contribution in [1.82, 2.24) is 6.15 Å². The van der Waals surface area contributed by atoms with E-state index in [4.69, 9.17) is 10.5 Å². The zero-order chi connectivity index (χ0) is 10.3. The van der Waals surface area contributed by atoms with Crippen LogP contribution in [0, 0.1) is 0 Å². The van der Waals surface area contributed by atoms with E-state index in [-0.39, 0.29) is 18.6 Å². The number of unbranched alkanes of at least 4 members (excludes halogenated alkanes) is 2. The fraction of sp³-hybridized carbons (Fsp3) is 0.700. The van der Waals surface area contributed by atoms with Gasteiger partial charge in [-0.2, -0.15) is 0 Å². The Labute approximate surface area is 98.2 Å². The molecule has 15 heavy (non-hydrogen) atoms. The molecule has 92 valence electrons. The Kier molecular flexibility index (Phi) is 15.3. The maximum Gasteiger partial charge on any atom is 0.334 e. The van der Waals surface area contributed by atoms with Crippen LogP contribution in [0.3, 0.4) is 0 Å². The summed E-state index contributed by atoms with van der Waals surface area (Å²) in [5.41, 5.74) is 5.96. The molecule has 0 rings (SSSR count). The van der Waals surface area contributed by atoms with Crippen LogP contribution in [-0.2, 0) is 9.53 Å². The molecule has 0 saturated heterocycles. The fourth-order valence-electron chi connectivity index (χ4n) is 0.893. The van der Waals surface area contributed by atoms with Crippen molar-refractivity contribution in [3.8, 4) is 0 Å². The summed E-state index contributed by atoms with van der Waals surface area (Å²) in [7, 11) is 0. The molecule has 0 aliphatic carbocycles. The van der Waals surface area contributed by atoms with Gasteiger partial charge in [0.2, 0.25) is 0 Å². The van der Waals surface area contributed by atoms with Crippen molar-refractivity contribution in [2.75, 3.05) is 0 Å². The molecule has 0 fully saturated rings. The summed E-state index contributed by atoms with van der Waals surface area (Å²) in [4.78, 5) is 11.0. The molecule has 0 aliphatic heterocycles. The fourth-order valence-corrected chi connectivity index (χ4v) is 0.893. The Balaban J connectivity index is -0.000000720. The molecule has 0 radical (unpaired) electrons. The summed E-state index contributed by atoms with van der Waals surface area (Å²) in [6.45, 7) is 7.20. The van der Waals surface area contributed by atoms with Crippen LogP contribution in [0.2, 0.25) is 0 Å². The number of hydrogen-bond acceptors (Lipinski definition) is 4. The van der Waals surface area contributed by atoms with Crippen molar-refractivity contribution in [3.63, 3.8) is 0 Å². The summed E-state index contributed by atoms with van der Waals surface area (Å²) >= 11 is 0. The van der Waals surface area contributed by atoms with E-state index < -0.39 is 12.2 Å². The van der Waals surface area contributed by atoms with Gasteiger partial charge in [-0.15, -0.1) is 12.4 Å². The first kappa shape index (κ1) is 19.9. The quantitative estimate of drug-likeness (QED) is 0.322. The van der Waals surface area contributed by atoms with Crippen LogP contribution in [0.4, 0.5) is 0 Å². The highest BCUT2D eigenvalue weighted by Crippen LogP contribution is 2.04. The molecule has 0 spiro atoms. The second kappa shape index (κ2) is 11.5. The van der Waals surface area contributed by atoms with Gasteiger partial charge in [-0.1, -0.05) is 26.3 Å². The number of hydrogen-bond donors (Lipinski definition) is 2. The number of nitrogens with two attached hydrogens (primary N) is 1. The third-order valence-corrected chi connectivity index (χ3v) is 1.70. The Morgan fingerprint density at radius 3 is 2.40 bits per heavy atom. The Morgan fingerprint density at radius 1 is 1.47 bits per heavy atom. The largest absolute Gasteiger partial charge is 0.443 e. The van der Waals surface area contributed by atoms with Gasteiger partial charge in [0.1, 0.15) is 0 Å². The lowest BCUT2D eigenvalue weighted by Gasteiger charge is -2.12. The molecule has 0 amide bonds. The van der Waals surface area contributed by atoms with Crippen LogP contribution in [0.5, 0.6) is 0 Å². The summed E-state index contributed by atoms with van der Waals surface area (Å²) in [6, 6.07) is 0. The van der Waals surface area contributed by atoms with Crippen LogP contribution < -0.4 is 11.9 Å². The first-order chi connectivity index (χ1) is 6.07. The van der Waals surface area contributed by atoms with E-state index in [1.165, 1.54) is 0 Å². The molecule has 0 aromatic rings. The number of esters is 1. The number of ether oxygens (including phenoxy) is 1. The Bertz CT molecular complexity index is 186. The average molecular weight is 239 g/mol. The lowest BCUT2D eigenvalue weighted by atomic mass is 10.2. The van der Waals surface area contributed by atoms with Gasteiger partial charge in [-0.25, -0.2) is 4.79 Å². The standard InChI is InChI=1S/C10H19NO2.ClH.H3N/c1-4-5-6-7-9(11)13-10(12)8(2)3;;/h9H,2,4-7,11H2,1,3H3;1H;1H3. The van der Waals surface area contributed by atoms with E-state index in [0.717, 1.165) is 25.7 Å². The SMILES string of the molecule is C=C(C)C(=O)OC(N)CCCCC.Cl.N. The normalized spacial score (nSPS) is 10.6. The lowest BCUT2D eigenvalue weighted by molar-refractivity contribution is -0.144. The zero-order valence-electron chi connectivity index (χ0n) is 9.62. The number of carbonyl (C=O) groups is 1. The van der Waals surface area contributed by atoms with E-state index in [0.29, 0.717) is 5.57 Å². The van der Waals surface area contributed by atoms with Crippen molar-refractivity contribution >= 4 is 18.4 Å². The highest BCUT2D eigenvalue weighted by molar-refractivity contribution is 5.87. The van der Waals surface area contributed by atoms with E-state index >= 15 is 0 Å². The lowest BCUT2D eigenvalue weighted by Crippen LogP contribution is -2.27. The van der Waals surface area contributed by atoms with E-state index in [1.807, 2.05) is 0 Å². The second-order valence-corrected chi connectivity index (χ2v) is 3.22. The topological polar surface area (TPSA) is 87.3 Å². The number of carbonyl (C=O) groups excluding carboxylic acids is 1. The molecular weight excluding hydrogens is 216 g/mol. The van der Waals surface area contributed by atoms with Gasteiger partial charge < -0.3 is 10.9 Å². The van der Waals surface area contributed by atoms with Gasteiger partial charge in [0.15, 0.2) is 6.23 Å². The molecular formula is C10H23ClN2O2. The van der Waals surface area contributed by atoms with Crippen LogP contribution in [0.25, 0.3) is 0 Å². The van der Waals surface area contributed by atoms with Crippen LogP contribution in [0.15, 0.2) is 12.2 Å². The minimum Gasteiger partial charge on any atom is -0.443 e. The van der Waals surface area contributed by atoms with Crippen LogP contribution >= 0.6 is 12.4 Å². The van der Waals surface area contributed by atoms with Crippen molar-refractivity contribution in [2.45, 2.75) is 45.8 Å². The molecule has 5 N–H and O–H groups in total. The van der Waals surface area contributed by atoms with E-state index in [2.05, 4.69) is 13.5 Å². The van der Waals surface area contributed by atoms with Gasteiger partial charge in [-0.3, -0.25) is 5.73 Å². The number of rotatable bonds is 6. The maximum absolute atomic E-state index is 11.0. The van der Waals surface area contributed by atoms with Crippen LogP contribution in [0.1, 0.15) is 39.5 Å². The van der Waals surface area contributed by atoms with Crippen molar-refractivity contribution in [3.05, 3.63) is 12.2 Å². The summed E-state index contributed by atoms with van der Waals surface area (Å²) in [6.07, 6.45) is 3.52. The smallest absolute Gasteiger partial charge is 0.334 e. The molecule has 0 aromatic carbocycles. The first-order valence-electron chi connectivity index (χ1n) is 4.70. The first-order valence-corrected chi connectivity index (χ1v) is 4.70. The maximum atomic E-state index is 11.0. The summed E-state index contributed by atoms with van der Waals surface area (Å²) in [5, 5.41) is 0. The molecule has 1 unspecified atom stereocenters. The molecule has 0 saturated carbocycles. The van der Waals surface area contributed by atoms with Crippen molar-refractivity contribution in [2.24, 2.45) is 5.73 Å². The second-order valence-electron chi connectivity index (χ2n) is 3.22. The number of halogens is 1. The highest BCUT2D eigenvalue weighted by Gasteiger charge is 2.09. The van der Waals surface area contributed by atoms with Crippen LogP contribution in [-0.4, -0.2) is 12.2 Å². The average Bonchev–Trinajstić information content (AvgIpc) is 2.04. The van der Waals surface area contributed by atoms with Gasteiger partial charge in [0.25, 0.3) is 0 Å².